The van der Waals surface area contributed by atoms with Crippen molar-refractivity contribution in [2.45, 2.75) is 31.8 Å². The Hall–Kier alpha value is -4.05. The molecule has 1 atom stereocenters. The monoisotopic (exact) mass is 446 g/mol. The number of carboxylic acids is 1. The van der Waals surface area contributed by atoms with Gasteiger partial charge in [0.15, 0.2) is 0 Å². The number of aryl methyl sites for hydroxylation is 1. The van der Waals surface area contributed by atoms with E-state index in [1.54, 1.807) is 0 Å². The molecule has 0 bridgehead atoms. The first kappa shape index (κ1) is 20.5. The summed E-state index contributed by atoms with van der Waals surface area (Å²) < 4.78 is 4.40. The molecule has 2 heterocycles. The van der Waals surface area contributed by atoms with E-state index in [2.05, 4.69) is 65.2 Å². The highest BCUT2D eigenvalue weighted by molar-refractivity contribution is 6.09. The van der Waals surface area contributed by atoms with Crippen molar-refractivity contribution in [1.29, 1.82) is 0 Å². The molecule has 6 rings (SSSR count). The number of rotatable bonds is 7. The molecule has 0 unspecified atom stereocenters. The second kappa shape index (κ2) is 8.38. The van der Waals surface area contributed by atoms with Gasteiger partial charge in [0.1, 0.15) is 6.04 Å². The first-order chi connectivity index (χ1) is 16.7. The molecule has 0 amide bonds. The summed E-state index contributed by atoms with van der Waals surface area (Å²) in [5.41, 5.74) is 4.44. The van der Waals surface area contributed by atoms with Gasteiger partial charge in [-0.2, -0.15) is 0 Å². The highest BCUT2D eigenvalue weighted by Gasteiger charge is 2.23. The van der Waals surface area contributed by atoms with Crippen LogP contribution in [0.2, 0.25) is 0 Å². The van der Waals surface area contributed by atoms with Gasteiger partial charge in [0.2, 0.25) is 0 Å². The smallest absolute Gasteiger partial charge is 0.326 e. The van der Waals surface area contributed by atoms with Crippen molar-refractivity contribution in [3.05, 3.63) is 97.1 Å². The topological polar surface area (TPSA) is 47.2 Å². The minimum atomic E-state index is -0.775. The molecule has 4 nitrogen and oxygen atoms in total. The molecule has 0 aliphatic carbocycles. The highest BCUT2D eigenvalue weighted by atomic mass is 16.4. The fourth-order valence-corrected chi connectivity index (χ4v) is 5.50. The zero-order valence-corrected chi connectivity index (χ0v) is 18.9. The third kappa shape index (κ3) is 3.26. The zero-order valence-electron chi connectivity index (χ0n) is 18.9. The van der Waals surface area contributed by atoms with E-state index >= 15 is 0 Å². The van der Waals surface area contributed by atoms with E-state index in [4.69, 9.17) is 0 Å². The largest absolute Gasteiger partial charge is 0.480 e. The average molecular weight is 447 g/mol. The van der Waals surface area contributed by atoms with Gasteiger partial charge in [0, 0.05) is 50.2 Å². The second-order valence-electron chi connectivity index (χ2n) is 8.94. The van der Waals surface area contributed by atoms with Crippen molar-refractivity contribution in [1.82, 2.24) is 9.13 Å². The lowest BCUT2D eigenvalue weighted by molar-refractivity contribution is -0.140. The number of unbranched alkanes of at least 4 members (excludes halogenated alkanes) is 1. The van der Waals surface area contributed by atoms with Gasteiger partial charge in [-0.25, -0.2) is 4.79 Å². The third-order valence-corrected chi connectivity index (χ3v) is 7.00. The molecule has 0 radical (unpaired) electrons. The van der Waals surface area contributed by atoms with Crippen molar-refractivity contribution in [2.24, 2.45) is 0 Å². The number of carboxylic acid groups (broad SMARTS) is 1. The molecular weight excluding hydrogens is 420 g/mol. The van der Waals surface area contributed by atoms with Crippen molar-refractivity contribution < 1.29 is 9.90 Å². The summed E-state index contributed by atoms with van der Waals surface area (Å²) in [7, 11) is 0. The summed E-state index contributed by atoms with van der Waals surface area (Å²) in [5.74, 6) is -0.775. The number of hydrogen-bond donors (Lipinski definition) is 1. The number of aromatic nitrogens is 2. The fraction of sp³-hybridized carbons (Fsp3) is 0.167. The minimum absolute atomic E-state index is 0.592. The number of benzene rings is 4. The van der Waals surface area contributed by atoms with Gasteiger partial charge in [-0.1, -0.05) is 72.8 Å². The van der Waals surface area contributed by atoms with E-state index in [1.165, 1.54) is 21.8 Å². The Bertz CT molecular complexity index is 1550. The number of fused-ring (bicyclic) bond motifs is 6. The van der Waals surface area contributed by atoms with Crippen LogP contribution in [0.5, 0.6) is 0 Å². The molecule has 0 fully saturated rings. The predicted octanol–water partition coefficient (Wildman–Crippen LogP) is 7.40. The quantitative estimate of drug-likeness (QED) is 0.260. The van der Waals surface area contributed by atoms with Crippen LogP contribution in [-0.4, -0.2) is 20.2 Å². The van der Waals surface area contributed by atoms with E-state index in [1.807, 2.05) is 41.0 Å². The van der Waals surface area contributed by atoms with Crippen molar-refractivity contribution in [3.63, 3.8) is 0 Å². The molecule has 0 aliphatic rings. The summed E-state index contributed by atoms with van der Waals surface area (Å²) in [6.45, 7) is 0.869. The minimum Gasteiger partial charge on any atom is -0.480 e. The Morgan fingerprint density at radius 1 is 0.618 bits per heavy atom. The van der Waals surface area contributed by atoms with E-state index in [9.17, 15) is 9.90 Å². The van der Waals surface area contributed by atoms with Gasteiger partial charge in [-0.3, -0.25) is 0 Å². The van der Waals surface area contributed by atoms with E-state index in [0.29, 0.717) is 6.42 Å². The van der Waals surface area contributed by atoms with Crippen molar-refractivity contribution in [3.8, 4) is 0 Å². The summed E-state index contributed by atoms with van der Waals surface area (Å²) in [5, 5.41) is 15.0. The molecule has 2 aromatic heterocycles. The van der Waals surface area contributed by atoms with Crippen LogP contribution in [0.4, 0.5) is 0 Å². The predicted molar refractivity (Wildman–Crippen MR) is 139 cm³/mol. The maximum atomic E-state index is 12.4. The highest BCUT2D eigenvalue weighted by Crippen LogP contribution is 2.34. The molecular formula is C30H26N2O2. The fourth-order valence-electron chi connectivity index (χ4n) is 5.50. The molecule has 6 aromatic rings. The second-order valence-corrected chi connectivity index (χ2v) is 8.94. The Kier molecular flexibility index (Phi) is 5.06. The first-order valence-corrected chi connectivity index (χ1v) is 11.9. The number of aliphatic carboxylic acids is 1. The molecule has 0 aliphatic heterocycles. The van der Waals surface area contributed by atoms with Gasteiger partial charge < -0.3 is 14.2 Å². The van der Waals surface area contributed by atoms with E-state index < -0.39 is 12.0 Å². The lowest BCUT2D eigenvalue weighted by atomic mass is 10.1. The standard InChI is InChI=1S/C30H26N2O2/c33-30(34)29(32-27-17-7-3-13-23(27)24-14-4-8-18-28(24)32)19-9-10-20-31-25-15-5-1-11-21(25)22-12-2-6-16-26(22)31/h1-8,11-18,29H,9-10,19-20H2,(H,33,34)/t29-/m0/s1. The molecule has 1 N–H and O–H groups in total. The van der Waals surface area contributed by atoms with Crippen LogP contribution in [0, 0.1) is 0 Å². The van der Waals surface area contributed by atoms with Crippen LogP contribution < -0.4 is 0 Å². The molecule has 168 valence electrons. The number of nitrogens with zero attached hydrogens (tertiary/aromatic N) is 2. The lowest BCUT2D eigenvalue weighted by Gasteiger charge is -2.17. The average Bonchev–Trinajstić information content (AvgIpc) is 3.37. The van der Waals surface area contributed by atoms with Gasteiger partial charge in [0.25, 0.3) is 0 Å². The van der Waals surface area contributed by atoms with Gasteiger partial charge in [-0.05, 0) is 43.5 Å². The first-order valence-electron chi connectivity index (χ1n) is 11.9. The molecule has 0 spiro atoms. The Morgan fingerprint density at radius 3 is 1.50 bits per heavy atom. The van der Waals surface area contributed by atoms with Crippen LogP contribution in [0.3, 0.4) is 0 Å². The SMILES string of the molecule is O=C(O)[C@H](CCCCn1c2ccccc2c2ccccc21)n1c2ccccc2c2ccccc21. The van der Waals surface area contributed by atoms with Crippen LogP contribution in [0.1, 0.15) is 25.3 Å². The maximum Gasteiger partial charge on any atom is 0.326 e. The molecule has 0 saturated carbocycles. The number of carbonyl (C=O) groups is 1. The van der Waals surface area contributed by atoms with Gasteiger partial charge in [0.05, 0.1) is 0 Å². The van der Waals surface area contributed by atoms with Crippen LogP contribution in [0.15, 0.2) is 97.1 Å². The lowest BCUT2D eigenvalue weighted by Crippen LogP contribution is -2.19. The molecule has 34 heavy (non-hydrogen) atoms. The molecule has 4 heteroatoms. The summed E-state index contributed by atoms with van der Waals surface area (Å²) in [6, 6.07) is 32.7. The Balaban J connectivity index is 1.29. The number of para-hydroxylation sites is 4. The van der Waals surface area contributed by atoms with Gasteiger partial charge in [-0.15, -0.1) is 0 Å². The van der Waals surface area contributed by atoms with Crippen molar-refractivity contribution in [2.75, 3.05) is 0 Å². The van der Waals surface area contributed by atoms with Crippen LogP contribution >= 0.6 is 0 Å². The van der Waals surface area contributed by atoms with Crippen LogP contribution in [-0.2, 0) is 11.3 Å². The van der Waals surface area contributed by atoms with Crippen molar-refractivity contribution >= 4 is 49.6 Å². The Morgan fingerprint density at radius 2 is 1.03 bits per heavy atom. The third-order valence-electron chi connectivity index (χ3n) is 7.00. The van der Waals surface area contributed by atoms with Gasteiger partial charge >= 0.3 is 5.97 Å². The summed E-state index contributed by atoms with van der Waals surface area (Å²) in [6.07, 6.45) is 2.34. The summed E-state index contributed by atoms with van der Waals surface area (Å²) >= 11 is 0. The molecule has 0 saturated heterocycles. The normalized spacial score (nSPS) is 12.7. The summed E-state index contributed by atoms with van der Waals surface area (Å²) in [4.78, 5) is 12.4. The maximum absolute atomic E-state index is 12.4. The zero-order chi connectivity index (χ0) is 23.1. The van der Waals surface area contributed by atoms with E-state index in [-0.39, 0.29) is 0 Å². The number of hydrogen-bond acceptors (Lipinski definition) is 1. The van der Waals surface area contributed by atoms with E-state index in [0.717, 1.165) is 41.2 Å². The van der Waals surface area contributed by atoms with Crippen LogP contribution in [0.25, 0.3) is 43.6 Å². The Labute approximate surface area is 197 Å². The molecule has 4 aromatic carbocycles.